The van der Waals surface area contributed by atoms with E-state index in [1.807, 2.05) is 0 Å². The van der Waals surface area contributed by atoms with Crippen molar-refractivity contribution in [2.24, 2.45) is 11.8 Å². The van der Waals surface area contributed by atoms with Crippen LogP contribution in [-0.2, 0) is 0 Å². The smallest absolute Gasteiger partial charge is 0.0366 e. The van der Waals surface area contributed by atoms with Crippen molar-refractivity contribution in [3.8, 4) is 0 Å². The van der Waals surface area contributed by atoms with Gasteiger partial charge in [0.05, 0.1) is 0 Å². The fourth-order valence-electron chi connectivity index (χ4n) is 2.54. The normalized spacial score (nSPS) is 31.0. The van der Waals surface area contributed by atoms with Crippen molar-refractivity contribution < 1.29 is 0 Å². The van der Waals surface area contributed by atoms with Crippen LogP contribution in [-0.4, -0.2) is 5.38 Å². The fourth-order valence-corrected chi connectivity index (χ4v) is 3.03. The molecule has 1 fully saturated rings. The molecule has 1 saturated carbocycles. The summed E-state index contributed by atoms with van der Waals surface area (Å²) < 4.78 is 0. The molecule has 0 aliphatic heterocycles. The fraction of sp³-hybridized carbons (Fsp3) is 1.00. The third-order valence-corrected chi connectivity index (χ3v) is 3.93. The molecule has 0 aromatic heterocycles. The van der Waals surface area contributed by atoms with Gasteiger partial charge in [-0.25, -0.2) is 0 Å². The molecule has 0 nitrogen and oxygen atoms in total. The van der Waals surface area contributed by atoms with E-state index in [2.05, 4.69) is 13.8 Å². The summed E-state index contributed by atoms with van der Waals surface area (Å²) in [5.74, 6) is 1.70. The second-order valence-electron chi connectivity index (χ2n) is 4.04. The average molecular weight is 189 g/mol. The molecular formula is C11H21Cl. The molecule has 0 spiro atoms. The topological polar surface area (TPSA) is 0 Å². The van der Waals surface area contributed by atoms with Crippen LogP contribution in [0, 0.1) is 11.8 Å². The lowest BCUT2D eigenvalue weighted by Crippen LogP contribution is -2.26. The molecule has 2 atom stereocenters. The van der Waals surface area contributed by atoms with Gasteiger partial charge in [0, 0.05) is 5.38 Å². The summed E-state index contributed by atoms with van der Waals surface area (Å²) in [7, 11) is 0. The van der Waals surface area contributed by atoms with Crippen LogP contribution in [0.25, 0.3) is 0 Å². The van der Waals surface area contributed by atoms with Gasteiger partial charge in [-0.2, -0.15) is 0 Å². The summed E-state index contributed by atoms with van der Waals surface area (Å²) in [6.45, 7) is 4.60. The first-order valence-electron chi connectivity index (χ1n) is 5.43. The lowest BCUT2D eigenvalue weighted by atomic mass is 9.77. The van der Waals surface area contributed by atoms with Crippen LogP contribution in [0.1, 0.15) is 52.4 Å². The molecule has 0 amide bonds. The van der Waals surface area contributed by atoms with Crippen LogP contribution in [0.3, 0.4) is 0 Å². The predicted molar refractivity (Wildman–Crippen MR) is 55.7 cm³/mol. The molecule has 0 radical (unpaired) electrons. The van der Waals surface area contributed by atoms with Crippen LogP contribution >= 0.6 is 11.6 Å². The van der Waals surface area contributed by atoms with E-state index in [1.54, 1.807) is 0 Å². The van der Waals surface area contributed by atoms with Crippen molar-refractivity contribution in [2.75, 3.05) is 0 Å². The van der Waals surface area contributed by atoms with E-state index < -0.39 is 0 Å². The maximum atomic E-state index is 6.33. The van der Waals surface area contributed by atoms with Gasteiger partial charge >= 0.3 is 0 Å². The first-order chi connectivity index (χ1) is 5.79. The minimum absolute atomic E-state index is 0.476. The van der Waals surface area contributed by atoms with Gasteiger partial charge in [-0.3, -0.25) is 0 Å². The number of hydrogen-bond donors (Lipinski definition) is 0. The molecule has 1 aliphatic rings. The molecule has 1 rings (SSSR count). The van der Waals surface area contributed by atoms with Gasteiger partial charge in [-0.15, -0.1) is 11.6 Å². The van der Waals surface area contributed by atoms with Gasteiger partial charge in [0.25, 0.3) is 0 Å². The van der Waals surface area contributed by atoms with E-state index in [0.29, 0.717) is 5.38 Å². The van der Waals surface area contributed by atoms with Crippen LogP contribution < -0.4 is 0 Å². The van der Waals surface area contributed by atoms with Gasteiger partial charge in [-0.05, 0) is 24.7 Å². The Balaban J connectivity index is 2.45. The number of halogens is 1. The third-order valence-electron chi connectivity index (χ3n) is 3.39. The molecule has 0 bridgehead atoms. The molecule has 1 aliphatic carbocycles. The SMILES string of the molecule is CCC(CC)C1CCCCC1Cl. The van der Waals surface area contributed by atoms with Crippen molar-refractivity contribution in [1.29, 1.82) is 0 Å². The highest BCUT2D eigenvalue weighted by atomic mass is 35.5. The Kier molecular flexibility index (Phi) is 4.42. The Bertz CT molecular complexity index is 118. The van der Waals surface area contributed by atoms with Gasteiger partial charge in [0.15, 0.2) is 0 Å². The van der Waals surface area contributed by atoms with Crippen molar-refractivity contribution >= 4 is 11.6 Å². The van der Waals surface area contributed by atoms with Gasteiger partial charge in [-0.1, -0.05) is 39.5 Å². The average Bonchev–Trinajstić information content (AvgIpc) is 2.10. The van der Waals surface area contributed by atoms with E-state index in [9.17, 15) is 0 Å². The summed E-state index contributed by atoms with van der Waals surface area (Å²) in [6, 6.07) is 0. The number of hydrogen-bond acceptors (Lipinski definition) is 0. The summed E-state index contributed by atoms with van der Waals surface area (Å²) in [4.78, 5) is 0. The van der Waals surface area contributed by atoms with Crippen molar-refractivity contribution in [3.05, 3.63) is 0 Å². The molecule has 0 saturated heterocycles. The monoisotopic (exact) mass is 188 g/mol. The molecule has 0 heterocycles. The minimum atomic E-state index is 0.476. The molecule has 12 heavy (non-hydrogen) atoms. The highest BCUT2D eigenvalue weighted by molar-refractivity contribution is 6.20. The standard InChI is InChI=1S/C11H21Cl/c1-3-9(4-2)10-7-5-6-8-11(10)12/h9-11H,3-8H2,1-2H3. The van der Waals surface area contributed by atoms with Gasteiger partial charge in [0.1, 0.15) is 0 Å². The molecule has 72 valence electrons. The lowest BCUT2D eigenvalue weighted by Gasteiger charge is -2.33. The second kappa shape index (κ2) is 5.11. The van der Waals surface area contributed by atoms with E-state index in [-0.39, 0.29) is 0 Å². The molecule has 2 unspecified atom stereocenters. The Labute approximate surface area is 81.7 Å². The highest BCUT2D eigenvalue weighted by Crippen LogP contribution is 2.36. The zero-order valence-corrected chi connectivity index (χ0v) is 9.11. The molecule has 0 aromatic carbocycles. The maximum absolute atomic E-state index is 6.33. The number of alkyl halides is 1. The van der Waals surface area contributed by atoms with E-state index >= 15 is 0 Å². The van der Waals surface area contributed by atoms with Crippen LogP contribution in [0.2, 0.25) is 0 Å². The first-order valence-corrected chi connectivity index (χ1v) is 5.87. The summed E-state index contributed by atoms with van der Waals surface area (Å²) in [6.07, 6.45) is 8.01. The first kappa shape index (κ1) is 10.4. The third kappa shape index (κ3) is 2.39. The Morgan fingerprint density at radius 2 is 1.75 bits per heavy atom. The van der Waals surface area contributed by atoms with Crippen LogP contribution in [0.15, 0.2) is 0 Å². The van der Waals surface area contributed by atoms with E-state index in [4.69, 9.17) is 11.6 Å². The molecule has 0 aromatic rings. The predicted octanol–water partition coefficient (Wildman–Crippen LogP) is 4.22. The maximum Gasteiger partial charge on any atom is 0.0366 e. The Morgan fingerprint density at radius 3 is 2.25 bits per heavy atom. The summed E-state index contributed by atoms with van der Waals surface area (Å²) in [5.41, 5.74) is 0. The van der Waals surface area contributed by atoms with Crippen molar-refractivity contribution in [2.45, 2.75) is 57.7 Å². The summed E-state index contributed by atoms with van der Waals surface area (Å²) in [5, 5.41) is 0.476. The lowest BCUT2D eigenvalue weighted by molar-refractivity contribution is 0.241. The summed E-state index contributed by atoms with van der Waals surface area (Å²) >= 11 is 6.33. The second-order valence-corrected chi connectivity index (χ2v) is 4.60. The quantitative estimate of drug-likeness (QED) is 0.582. The zero-order valence-electron chi connectivity index (χ0n) is 8.35. The zero-order chi connectivity index (χ0) is 8.97. The molecule has 0 N–H and O–H groups in total. The molecule has 1 heteroatoms. The van der Waals surface area contributed by atoms with Gasteiger partial charge in [0.2, 0.25) is 0 Å². The van der Waals surface area contributed by atoms with Crippen LogP contribution in [0.5, 0.6) is 0 Å². The van der Waals surface area contributed by atoms with Crippen LogP contribution in [0.4, 0.5) is 0 Å². The van der Waals surface area contributed by atoms with Crippen molar-refractivity contribution in [3.63, 3.8) is 0 Å². The van der Waals surface area contributed by atoms with Crippen molar-refractivity contribution in [1.82, 2.24) is 0 Å². The van der Waals surface area contributed by atoms with E-state index in [1.165, 1.54) is 38.5 Å². The largest absolute Gasteiger partial charge is 0.123 e. The Morgan fingerprint density at radius 1 is 1.17 bits per heavy atom. The van der Waals surface area contributed by atoms with Gasteiger partial charge < -0.3 is 0 Å². The van der Waals surface area contributed by atoms with E-state index in [0.717, 1.165) is 11.8 Å². The minimum Gasteiger partial charge on any atom is -0.123 e. The Hall–Kier alpha value is 0.290. The molecular weight excluding hydrogens is 168 g/mol. The number of rotatable bonds is 3. The highest BCUT2D eigenvalue weighted by Gasteiger charge is 2.28.